The Morgan fingerprint density at radius 2 is 2.06 bits per heavy atom. The maximum atomic E-state index is 12.5. The summed E-state index contributed by atoms with van der Waals surface area (Å²) in [6, 6.07) is 1.79. The number of hydrogen-bond donors (Lipinski definition) is 0. The van der Waals surface area contributed by atoms with Crippen molar-refractivity contribution >= 4 is 37.3 Å². The van der Waals surface area contributed by atoms with Crippen molar-refractivity contribution in [3.63, 3.8) is 0 Å². The van der Waals surface area contributed by atoms with E-state index in [-0.39, 0.29) is 0 Å². The van der Waals surface area contributed by atoms with Crippen LogP contribution in [0.15, 0.2) is 20.1 Å². The van der Waals surface area contributed by atoms with Crippen molar-refractivity contribution in [3.05, 3.63) is 15.9 Å². The molecule has 1 aliphatic rings. The molecule has 3 nitrogen and oxygen atoms in total. The van der Waals surface area contributed by atoms with E-state index in [1.54, 1.807) is 15.8 Å². The summed E-state index contributed by atoms with van der Waals surface area (Å²) in [7, 11) is -3.30. The van der Waals surface area contributed by atoms with Crippen LogP contribution in [-0.2, 0) is 10.0 Å². The molecule has 0 spiro atoms. The van der Waals surface area contributed by atoms with Gasteiger partial charge in [-0.15, -0.1) is 11.3 Å². The summed E-state index contributed by atoms with van der Waals surface area (Å²) in [5, 5.41) is 1.80. The van der Waals surface area contributed by atoms with Crippen molar-refractivity contribution in [2.45, 2.75) is 37.3 Å². The molecule has 1 fully saturated rings. The van der Waals surface area contributed by atoms with Crippen LogP contribution in [0.3, 0.4) is 0 Å². The van der Waals surface area contributed by atoms with Gasteiger partial charge in [0.15, 0.2) is 0 Å². The summed E-state index contributed by atoms with van der Waals surface area (Å²) < 4.78 is 27.7. The summed E-state index contributed by atoms with van der Waals surface area (Å²) in [5.74, 6) is 0. The molecule has 1 aliphatic heterocycles. The summed E-state index contributed by atoms with van der Waals surface area (Å²) in [6.07, 6.45) is 3.01. The van der Waals surface area contributed by atoms with E-state index in [0.717, 1.165) is 19.3 Å². The Bertz CT molecular complexity index is 516. The molecular formula is C12H18BrNO2S2. The minimum absolute atomic E-state index is 0.304. The zero-order valence-corrected chi connectivity index (χ0v) is 13.9. The standard InChI is InChI=1S/C12H18BrNO2S2/c1-3-12(2)5-7-14(8-6-12)18(15,16)11-10(13)4-9-17-11/h4,9H,3,5-8H2,1-2H3. The van der Waals surface area contributed by atoms with Gasteiger partial charge < -0.3 is 0 Å². The largest absolute Gasteiger partial charge is 0.253 e. The molecule has 1 aromatic rings. The highest BCUT2D eigenvalue weighted by atomic mass is 79.9. The van der Waals surface area contributed by atoms with E-state index in [2.05, 4.69) is 29.8 Å². The Labute approximate surface area is 121 Å². The lowest BCUT2D eigenvalue weighted by atomic mass is 9.79. The molecule has 6 heteroatoms. The number of hydrogen-bond acceptors (Lipinski definition) is 3. The molecule has 0 saturated carbocycles. The molecular weight excluding hydrogens is 334 g/mol. The van der Waals surface area contributed by atoms with Gasteiger partial charge in [-0.05, 0) is 45.6 Å². The maximum absolute atomic E-state index is 12.5. The second-order valence-corrected chi connectivity index (χ2v) is 9.03. The highest BCUT2D eigenvalue weighted by Gasteiger charge is 2.35. The van der Waals surface area contributed by atoms with Crippen LogP contribution >= 0.6 is 27.3 Å². The fraction of sp³-hybridized carbons (Fsp3) is 0.667. The Morgan fingerprint density at radius 3 is 2.50 bits per heavy atom. The fourth-order valence-corrected chi connectivity index (χ4v) is 6.09. The normalized spacial score (nSPS) is 21.1. The van der Waals surface area contributed by atoms with Crippen LogP contribution in [0.2, 0.25) is 0 Å². The van der Waals surface area contributed by atoms with Crippen molar-refractivity contribution in [1.82, 2.24) is 4.31 Å². The molecule has 0 N–H and O–H groups in total. The second-order valence-electron chi connectivity index (χ2n) is 5.12. The van der Waals surface area contributed by atoms with Crippen LogP contribution < -0.4 is 0 Å². The zero-order chi connectivity index (χ0) is 13.4. The third-order valence-electron chi connectivity index (χ3n) is 3.94. The van der Waals surface area contributed by atoms with E-state index in [4.69, 9.17) is 0 Å². The SMILES string of the molecule is CCC1(C)CCN(S(=O)(=O)c2sccc2Br)CC1. The molecule has 1 saturated heterocycles. The van der Waals surface area contributed by atoms with Gasteiger partial charge in [0.25, 0.3) is 10.0 Å². The average Bonchev–Trinajstić information content (AvgIpc) is 2.77. The predicted octanol–water partition coefficient (Wildman–Crippen LogP) is 3.71. The first-order valence-corrected chi connectivity index (χ1v) is 9.23. The van der Waals surface area contributed by atoms with Gasteiger partial charge in [0.05, 0.1) is 0 Å². The van der Waals surface area contributed by atoms with Gasteiger partial charge in [0.2, 0.25) is 0 Å². The molecule has 18 heavy (non-hydrogen) atoms. The van der Waals surface area contributed by atoms with Crippen LogP contribution in [-0.4, -0.2) is 25.8 Å². The van der Waals surface area contributed by atoms with Gasteiger partial charge in [0.1, 0.15) is 4.21 Å². The second kappa shape index (κ2) is 5.23. The number of halogens is 1. The van der Waals surface area contributed by atoms with Gasteiger partial charge in [-0.3, -0.25) is 0 Å². The van der Waals surface area contributed by atoms with Gasteiger partial charge in [-0.2, -0.15) is 4.31 Å². The van der Waals surface area contributed by atoms with Crippen molar-refractivity contribution in [3.8, 4) is 0 Å². The van der Waals surface area contributed by atoms with Crippen molar-refractivity contribution in [2.75, 3.05) is 13.1 Å². The van der Waals surface area contributed by atoms with Gasteiger partial charge in [-0.1, -0.05) is 20.3 Å². The monoisotopic (exact) mass is 351 g/mol. The number of thiophene rings is 1. The van der Waals surface area contributed by atoms with Crippen LogP contribution in [0, 0.1) is 5.41 Å². The van der Waals surface area contributed by atoms with Crippen LogP contribution in [0.4, 0.5) is 0 Å². The minimum atomic E-state index is -3.30. The average molecular weight is 352 g/mol. The topological polar surface area (TPSA) is 37.4 Å². The number of sulfonamides is 1. The van der Waals surface area contributed by atoms with E-state index < -0.39 is 10.0 Å². The quantitative estimate of drug-likeness (QED) is 0.832. The first-order chi connectivity index (χ1) is 8.39. The van der Waals surface area contributed by atoms with Crippen molar-refractivity contribution in [2.24, 2.45) is 5.41 Å². The van der Waals surface area contributed by atoms with Gasteiger partial charge in [-0.25, -0.2) is 8.42 Å². The van der Waals surface area contributed by atoms with Crippen LogP contribution in [0.25, 0.3) is 0 Å². The molecule has 0 aromatic carbocycles. The molecule has 102 valence electrons. The van der Waals surface area contributed by atoms with E-state index in [1.165, 1.54) is 11.3 Å². The lowest BCUT2D eigenvalue weighted by Gasteiger charge is -2.38. The Morgan fingerprint density at radius 1 is 1.44 bits per heavy atom. The number of nitrogens with zero attached hydrogens (tertiary/aromatic N) is 1. The molecule has 0 unspecified atom stereocenters. The molecule has 0 atom stereocenters. The van der Waals surface area contributed by atoms with E-state index >= 15 is 0 Å². The summed E-state index contributed by atoms with van der Waals surface area (Å²) in [6.45, 7) is 5.70. The summed E-state index contributed by atoms with van der Waals surface area (Å²) in [4.78, 5) is 0. The molecule has 2 rings (SSSR count). The Kier molecular flexibility index (Phi) is 4.21. The van der Waals surface area contributed by atoms with E-state index in [1.807, 2.05) is 0 Å². The summed E-state index contributed by atoms with van der Waals surface area (Å²) >= 11 is 4.59. The first kappa shape index (κ1) is 14.5. The van der Waals surface area contributed by atoms with Crippen molar-refractivity contribution in [1.29, 1.82) is 0 Å². The van der Waals surface area contributed by atoms with Crippen LogP contribution in [0.5, 0.6) is 0 Å². The van der Waals surface area contributed by atoms with E-state index in [9.17, 15) is 8.42 Å². The first-order valence-electron chi connectivity index (χ1n) is 6.12. The fourth-order valence-electron chi connectivity index (χ4n) is 2.20. The maximum Gasteiger partial charge on any atom is 0.253 e. The lowest BCUT2D eigenvalue weighted by Crippen LogP contribution is -2.41. The molecule has 1 aromatic heterocycles. The minimum Gasteiger partial charge on any atom is -0.206 e. The Hall–Kier alpha value is 0.0900. The van der Waals surface area contributed by atoms with Crippen LogP contribution in [0.1, 0.15) is 33.1 Å². The third kappa shape index (κ3) is 2.66. The zero-order valence-electron chi connectivity index (χ0n) is 10.6. The van der Waals surface area contributed by atoms with E-state index in [0.29, 0.717) is 27.2 Å². The predicted molar refractivity (Wildman–Crippen MR) is 78.4 cm³/mol. The Balaban J connectivity index is 2.17. The molecule has 0 bridgehead atoms. The smallest absolute Gasteiger partial charge is 0.206 e. The molecule has 0 radical (unpaired) electrons. The summed E-state index contributed by atoms with van der Waals surface area (Å²) in [5.41, 5.74) is 0.304. The van der Waals surface area contributed by atoms with Gasteiger partial charge in [0, 0.05) is 17.6 Å². The number of rotatable bonds is 3. The number of piperidine rings is 1. The lowest BCUT2D eigenvalue weighted by molar-refractivity contribution is 0.169. The van der Waals surface area contributed by atoms with Crippen molar-refractivity contribution < 1.29 is 8.42 Å². The molecule has 0 aliphatic carbocycles. The third-order valence-corrected chi connectivity index (χ3v) is 8.49. The van der Waals surface area contributed by atoms with Gasteiger partial charge >= 0.3 is 0 Å². The molecule has 2 heterocycles. The molecule has 0 amide bonds. The highest BCUT2D eigenvalue weighted by Crippen LogP contribution is 2.37. The highest BCUT2D eigenvalue weighted by molar-refractivity contribution is 9.10.